The summed E-state index contributed by atoms with van der Waals surface area (Å²) in [5, 5.41) is 19.6. The van der Waals surface area contributed by atoms with Crippen LogP contribution in [0, 0.1) is 17.2 Å². The smallest absolute Gasteiger partial charge is 0.103 e. The Morgan fingerprint density at radius 1 is 1.44 bits per heavy atom. The third kappa shape index (κ3) is 3.08. The fourth-order valence-electron chi connectivity index (χ4n) is 2.48. The van der Waals surface area contributed by atoms with Crippen LogP contribution in [-0.2, 0) is 11.3 Å². The third-order valence-electron chi connectivity index (χ3n) is 3.54. The van der Waals surface area contributed by atoms with Crippen molar-refractivity contribution in [3.05, 3.63) is 35.4 Å². The summed E-state index contributed by atoms with van der Waals surface area (Å²) in [5.74, 6) is -1.19. The number of aliphatic carboxylic acids is 1. The molecule has 0 aromatic heterocycles. The van der Waals surface area contributed by atoms with Crippen LogP contribution in [-0.4, -0.2) is 19.1 Å². The summed E-state index contributed by atoms with van der Waals surface area (Å²) in [6.07, 6.45) is 1.38. The van der Waals surface area contributed by atoms with Crippen molar-refractivity contribution >= 4 is 5.97 Å². The first-order valence-electron chi connectivity index (χ1n) is 6.22. The number of carbonyl (C=O) groups excluding carboxylic acids is 1. The van der Waals surface area contributed by atoms with Crippen molar-refractivity contribution in [1.82, 2.24) is 0 Å². The maximum absolute atomic E-state index is 10.7. The van der Waals surface area contributed by atoms with Gasteiger partial charge in [0.25, 0.3) is 0 Å². The van der Waals surface area contributed by atoms with Gasteiger partial charge in [-0.05, 0) is 12.1 Å². The van der Waals surface area contributed by atoms with Crippen molar-refractivity contribution in [3.63, 3.8) is 0 Å². The summed E-state index contributed by atoms with van der Waals surface area (Å²) >= 11 is 0. The van der Waals surface area contributed by atoms with Gasteiger partial charge >= 0.3 is 0 Å². The number of carboxylic acids is 1. The minimum atomic E-state index is -0.916. The van der Waals surface area contributed by atoms with Gasteiger partial charge in [0.15, 0.2) is 0 Å². The molecule has 0 unspecified atom stereocenters. The monoisotopic (exact) mass is 244 g/mol. The number of carboxylic acid groups (broad SMARTS) is 1. The highest BCUT2D eigenvalue weighted by atomic mass is 16.4. The van der Waals surface area contributed by atoms with Crippen LogP contribution >= 0.6 is 0 Å². The molecule has 1 N–H and O–H groups in total. The highest BCUT2D eigenvalue weighted by Crippen LogP contribution is 2.09. The minimum absolute atomic E-state index is 0.279. The van der Waals surface area contributed by atoms with E-state index in [1.165, 1.54) is 4.90 Å². The lowest BCUT2D eigenvalue weighted by molar-refractivity contribution is -0.919. The molecule has 94 valence electrons. The number of nitrogens with one attached hydrogen (secondary N) is 1. The Morgan fingerprint density at radius 3 is 2.78 bits per heavy atom. The number of nitriles is 1. The topological polar surface area (TPSA) is 68.4 Å². The maximum Gasteiger partial charge on any atom is 0.103 e. The van der Waals surface area contributed by atoms with Gasteiger partial charge in [0.1, 0.15) is 6.54 Å². The Morgan fingerprint density at radius 2 is 2.17 bits per heavy atom. The number of carbonyl (C=O) groups is 1. The first kappa shape index (κ1) is 12.6. The second kappa shape index (κ2) is 5.65. The van der Waals surface area contributed by atoms with Crippen molar-refractivity contribution in [1.29, 1.82) is 5.26 Å². The highest BCUT2D eigenvalue weighted by molar-refractivity contribution is 5.67. The molecule has 0 atom stereocenters. The van der Waals surface area contributed by atoms with E-state index in [1.54, 1.807) is 6.07 Å². The van der Waals surface area contributed by atoms with E-state index in [2.05, 4.69) is 6.07 Å². The molecule has 2 rings (SSSR count). The molecule has 4 nitrogen and oxygen atoms in total. The van der Waals surface area contributed by atoms with E-state index >= 15 is 0 Å². The molecule has 4 heteroatoms. The molecule has 0 aliphatic carbocycles. The summed E-state index contributed by atoms with van der Waals surface area (Å²) in [4.78, 5) is 12.1. The SMILES string of the molecule is N#Cc1cccc(C[NH+]2CCC(C(=O)[O-])CC2)c1. The largest absolute Gasteiger partial charge is 0.550 e. The predicted molar refractivity (Wildman–Crippen MR) is 63.3 cm³/mol. The van der Waals surface area contributed by atoms with Gasteiger partial charge in [-0.3, -0.25) is 0 Å². The van der Waals surface area contributed by atoms with Crippen molar-refractivity contribution in [2.75, 3.05) is 13.1 Å². The summed E-state index contributed by atoms with van der Waals surface area (Å²) < 4.78 is 0. The lowest BCUT2D eigenvalue weighted by atomic mass is 9.97. The average molecular weight is 244 g/mol. The van der Waals surface area contributed by atoms with Crippen molar-refractivity contribution < 1.29 is 14.8 Å². The number of hydrogen-bond acceptors (Lipinski definition) is 3. The number of quaternary nitrogens is 1. The molecule has 0 bridgehead atoms. The van der Waals surface area contributed by atoms with Crippen LogP contribution in [0.3, 0.4) is 0 Å². The van der Waals surface area contributed by atoms with Gasteiger partial charge in [-0.25, -0.2) is 0 Å². The minimum Gasteiger partial charge on any atom is -0.550 e. The van der Waals surface area contributed by atoms with Crippen LogP contribution < -0.4 is 10.0 Å². The van der Waals surface area contributed by atoms with Gasteiger partial charge in [-0.15, -0.1) is 0 Å². The van der Waals surface area contributed by atoms with Gasteiger partial charge in [-0.2, -0.15) is 5.26 Å². The molecule has 1 fully saturated rings. The molecule has 0 spiro atoms. The van der Waals surface area contributed by atoms with Gasteiger partial charge < -0.3 is 14.8 Å². The van der Waals surface area contributed by atoms with E-state index in [9.17, 15) is 9.90 Å². The molecule has 1 aromatic carbocycles. The van der Waals surface area contributed by atoms with Gasteiger partial charge in [0, 0.05) is 30.3 Å². The van der Waals surface area contributed by atoms with Crippen LogP contribution in [0.25, 0.3) is 0 Å². The number of likely N-dealkylation sites (tertiary alicyclic amines) is 1. The number of benzene rings is 1. The second-order valence-corrected chi connectivity index (χ2v) is 4.83. The summed E-state index contributed by atoms with van der Waals surface area (Å²) in [6, 6.07) is 9.73. The van der Waals surface area contributed by atoms with E-state index in [4.69, 9.17) is 5.26 Å². The fraction of sp³-hybridized carbons (Fsp3) is 0.429. The van der Waals surface area contributed by atoms with Crippen LogP contribution in [0.2, 0.25) is 0 Å². The zero-order valence-corrected chi connectivity index (χ0v) is 10.2. The molecule has 0 radical (unpaired) electrons. The molecular weight excluding hydrogens is 228 g/mol. The van der Waals surface area contributed by atoms with Crippen molar-refractivity contribution in [2.45, 2.75) is 19.4 Å². The van der Waals surface area contributed by atoms with E-state index in [0.29, 0.717) is 18.4 Å². The Kier molecular flexibility index (Phi) is 3.96. The molecule has 1 aliphatic heterocycles. The molecule has 1 saturated heterocycles. The maximum atomic E-state index is 10.7. The van der Waals surface area contributed by atoms with Crippen molar-refractivity contribution in [3.8, 4) is 6.07 Å². The van der Waals surface area contributed by atoms with E-state index < -0.39 is 5.97 Å². The fourth-order valence-corrected chi connectivity index (χ4v) is 2.48. The number of hydrogen-bond donors (Lipinski definition) is 1. The Hall–Kier alpha value is -1.86. The third-order valence-corrected chi connectivity index (χ3v) is 3.54. The molecule has 1 aromatic rings. The molecule has 1 heterocycles. The first-order chi connectivity index (χ1) is 8.69. The van der Waals surface area contributed by atoms with Crippen LogP contribution in [0.15, 0.2) is 24.3 Å². The van der Waals surface area contributed by atoms with Gasteiger partial charge in [0.2, 0.25) is 0 Å². The first-order valence-corrected chi connectivity index (χ1v) is 6.22. The van der Waals surface area contributed by atoms with Crippen LogP contribution in [0.4, 0.5) is 0 Å². The van der Waals surface area contributed by atoms with Crippen LogP contribution in [0.5, 0.6) is 0 Å². The number of piperidine rings is 1. The summed E-state index contributed by atoms with van der Waals surface area (Å²) in [5.41, 5.74) is 1.81. The van der Waals surface area contributed by atoms with E-state index in [1.807, 2.05) is 18.2 Å². The normalized spacial score (nSPS) is 23.3. The zero-order valence-electron chi connectivity index (χ0n) is 10.2. The van der Waals surface area contributed by atoms with Crippen molar-refractivity contribution in [2.24, 2.45) is 5.92 Å². The quantitative estimate of drug-likeness (QED) is 0.749. The standard InChI is InChI=1S/C14H16N2O2/c15-9-11-2-1-3-12(8-11)10-16-6-4-13(5-7-16)14(17)18/h1-3,8,13H,4-7,10H2,(H,17,18). The lowest BCUT2D eigenvalue weighted by Crippen LogP contribution is -3.11. The molecule has 0 amide bonds. The number of rotatable bonds is 3. The zero-order chi connectivity index (χ0) is 13.0. The highest BCUT2D eigenvalue weighted by Gasteiger charge is 2.22. The van der Waals surface area contributed by atoms with Crippen LogP contribution in [0.1, 0.15) is 24.0 Å². The second-order valence-electron chi connectivity index (χ2n) is 4.83. The average Bonchev–Trinajstić information content (AvgIpc) is 2.39. The molecule has 1 aliphatic rings. The predicted octanol–water partition coefficient (Wildman–Crippen LogP) is -0.897. The van der Waals surface area contributed by atoms with E-state index in [-0.39, 0.29) is 5.92 Å². The summed E-state index contributed by atoms with van der Waals surface area (Å²) in [6.45, 7) is 2.57. The Labute approximate surface area is 106 Å². The Balaban J connectivity index is 1.91. The van der Waals surface area contributed by atoms with E-state index in [0.717, 1.165) is 25.2 Å². The molecule has 18 heavy (non-hydrogen) atoms. The molecule has 0 saturated carbocycles. The molecular formula is C14H16N2O2. The summed E-state index contributed by atoms with van der Waals surface area (Å²) in [7, 11) is 0. The lowest BCUT2D eigenvalue weighted by Gasteiger charge is -2.29. The van der Waals surface area contributed by atoms with Gasteiger partial charge in [-0.1, -0.05) is 12.1 Å². The number of nitrogens with zero attached hydrogens (tertiary/aromatic N) is 1. The van der Waals surface area contributed by atoms with Gasteiger partial charge in [0.05, 0.1) is 24.7 Å². The Bertz CT molecular complexity index is 471.